The summed E-state index contributed by atoms with van der Waals surface area (Å²) in [6.45, 7) is 0. The van der Waals surface area contributed by atoms with E-state index in [0.29, 0.717) is 0 Å². The quantitative estimate of drug-likeness (QED) is 0.141. The first kappa shape index (κ1) is 26.6. The predicted octanol–water partition coefficient (Wildman–Crippen LogP) is 13.8. The second-order valence-electron chi connectivity index (χ2n) is 13.2. The Kier molecular flexibility index (Phi) is 5.45. The minimum Gasteiger partial charge on any atom is -0.455 e. The van der Waals surface area contributed by atoms with Gasteiger partial charge in [-0.25, -0.2) is 0 Å². The Morgan fingerprint density at radius 1 is 0.306 bits per heavy atom. The highest BCUT2D eigenvalue weighted by atomic mass is 16.3. The molecule has 11 rings (SSSR count). The van der Waals surface area contributed by atoms with E-state index in [1.54, 1.807) is 0 Å². The zero-order valence-corrected chi connectivity index (χ0v) is 26.6. The lowest BCUT2D eigenvalue weighted by Crippen LogP contribution is -1.93. The smallest absolute Gasteiger partial charge is 0.143 e. The van der Waals surface area contributed by atoms with Gasteiger partial charge in [-0.3, -0.25) is 0 Å². The Balaban J connectivity index is 1.28. The molecule has 0 fully saturated rings. The molecule has 0 atom stereocenters. The van der Waals surface area contributed by atoms with E-state index >= 15 is 0 Å². The SMILES string of the molecule is c1ccc(-c2c3ccccc3c(-c3cc4cccc5oc6c7ccccc7cc3c6c45)c3ccccc23)c(-c2ccc3ccccc3c2)c1. The van der Waals surface area contributed by atoms with Crippen molar-refractivity contribution in [2.45, 2.75) is 0 Å². The maximum atomic E-state index is 6.65. The Morgan fingerprint density at radius 3 is 1.61 bits per heavy atom. The van der Waals surface area contributed by atoms with Crippen LogP contribution in [0.25, 0.3) is 109 Å². The maximum absolute atomic E-state index is 6.65. The van der Waals surface area contributed by atoms with E-state index in [0.717, 1.165) is 16.6 Å². The first-order chi connectivity index (χ1) is 24.3. The topological polar surface area (TPSA) is 13.1 Å². The number of benzene rings is 10. The average Bonchev–Trinajstić information content (AvgIpc) is 3.57. The number of hydrogen-bond acceptors (Lipinski definition) is 1. The molecule has 0 saturated carbocycles. The van der Waals surface area contributed by atoms with Gasteiger partial charge in [0.05, 0.1) is 0 Å². The molecule has 0 aliphatic rings. The van der Waals surface area contributed by atoms with Gasteiger partial charge in [-0.05, 0) is 106 Å². The molecule has 1 nitrogen and oxygen atoms in total. The molecular formula is C48H28O. The van der Waals surface area contributed by atoms with Gasteiger partial charge in [0.25, 0.3) is 0 Å². The highest BCUT2D eigenvalue weighted by molar-refractivity contribution is 6.33. The summed E-state index contributed by atoms with van der Waals surface area (Å²) in [5.41, 5.74) is 9.37. The molecule has 0 unspecified atom stereocenters. The van der Waals surface area contributed by atoms with E-state index in [9.17, 15) is 0 Å². The van der Waals surface area contributed by atoms with Gasteiger partial charge in [0.2, 0.25) is 0 Å². The fourth-order valence-electron chi connectivity index (χ4n) is 8.47. The molecule has 0 spiro atoms. The molecule has 0 aliphatic heterocycles. The van der Waals surface area contributed by atoms with Crippen molar-refractivity contribution in [3.8, 4) is 33.4 Å². The third-order valence-electron chi connectivity index (χ3n) is 10.6. The van der Waals surface area contributed by atoms with Gasteiger partial charge in [-0.15, -0.1) is 0 Å². The molecule has 10 aromatic carbocycles. The molecule has 226 valence electrons. The second-order valence-corrected chi connectivity index (χ2v) is 13.2. The van der Waals surface area contributed by atoms with Crippen LogP contribution in [0.1, 0.15) is 0 Å². The van der Waals surface area contributed by atoms with E-state index in [-0.39, 0.29) is 0 Å². The van der Waals surface area contributed by atoms with Crippen molar-refractivity contribution in [1.82, 2.24) is 0 Å². The van der Waals surface area contributed by atoms with Gasteiger partial charge in [0.1, 0.15) is 11.2 Å². The maximum Gasteiger partial charge on any atom is 0.143 e. The highest BCUT2D eigenvalue weighted by Gasteiger charge is 2.23. The number of furan rings is 1. The van der Waals surface area contributed by atoms with E-state index in [2.05, 4.69) is 170 Å². The molecule has 0 bridgehead atoms. The summed E-state index contributed by atoms with van der Waals surface area (Å²) < 4.78 is 6.65. The summed E-state index contributed by atoms with van der Waals surface area (Å²) in [5, 5.41) is 14.7. The zero-order valence-electron chi connectivity index (χ0n) is 26.6. The van der Waals surface area contributed by atoms with Crippen LogP contribution in [0, 0.1) is 0 Å². The molecule has 0 N–H and O–H groups in total. The standard InChI is InChI=1S/C48H28O/c1-2-13-30-26-32(25-24-29(30)12-1)34-16-5-6-18-36(34)45-37-19-7-9-21-39(37)46(40-22-10-8-20-38(40)45)41-28-33-15-11-23-43-44(33)47-42(41)27-31-14-3-4-17-35(31)48(47)49-43/h1-28H. The minimum atomic E-state index is 0.941. The largest absolute Gasteiger partial charge is 0.455 e. The van der Waals surface area contributed by atoms with Crippen LogP contribution in [0.5, 0.6) is 0 Å². The van der Waals surface area contributed by atoms with Crippen LogP contribution in [0.15, 0.2) is 174 Å². The monoisotopic (exact) mass is 620 g/mol. The van der Waals surface area contributed by atoms with Crippen LogP contribution >= 0.6 is 0 Å². The van der Waals surface area contributed by atoms with Crippen LogP contribution in [-0.4, -0.2) is 0 Å². The van der Waals surface area contributed by atoms with Crippen molar-refractivity contribution in [2.24, 2.45) is 0 Å². The zero-order chi connectivity index (χ0) is 32.1. The Labute approximate surface area is 282 Å². The van der Waals surface area contributed by atoms with Crippen LogP contribution in [0.3, 0.4) is 0 Å². The highest BCUT2D eigenvalue weighted by Crippen LogP contribution is 2.50. The first-order valence-electron chi connectivity index (χ1n) is 16.9. The van der Waals surface area contributed by atoms with Crippen LogP contribution < -0.4 is 0 Å². The molecule has 1 heterocycles. The van der Waals surface area contributed by atoms with Gasteiger partial charge in [0.15, 0.2) is 0 Å². The summed E-state index contributed by atoms with van der Waals surface area (Å²) >= 11 is 0. The van der Waals surface area contributed by atoms with Crippen molar-refractivity contribution >= 4 is 75.8 Å². The number of rotatable bonds is 3. The number of hydrogen-bond donors (Lipinski definition) is 0. The van der Waals surface area contributed by atoms with E-state index < -0.39 is 0 Å². The summed E-state index contributed by atoms with van der Waals surface area (Å²) in [7, 11) is 0. The predicted molar refractivity (Wildman–Crippen MR) is 209 cm³/mol. The molecular weight excluding hydrogens is 593 g/mol. The van der Waals surface area contributed by atoms with Crippen LogP contribution in [0.2, 0.25) is 0 Å². The van der Waals surface area contributed by atoms with Gasteiger partial charge in [-0.1, -0.05) is 146 Å². The van der Waals surface area contributed by atoms with Crippen molar-refractivity contribution in [3.05, 3.63) is 170 Å². The normalized spacial score (nSPS) is 12.1. The summed E-state index contributed by atoms with van der Waals surface area (Å²) in [5.74, 6) is 0. The Hall–Kier alpha value is -6.44. The fraction of sp³-hybridized carbons (Fsp3) is 0. The van der Waals surface area contributed by atoms with E-state index in [1.165, 1.54) is 92.6 Å². The lowest BCUT2D eigenvalue weighted by Gasteiger charge is -2.21. The van der Waals surface area contributed by atoms with Crippen LogP contribution in [0.4, 0.5) is 0 Å². The molecule has 11 aromatic rings. The summed E-state index contributed by atoms with van der Waals surface area (Å²) in [6.07, 6.45) is 0. The van der Waals surface area contributed by atoms with Crippen molar-refractivity contribution in [2.75, 3.05) is 0 Å². The molecule has 49 heavy (non-hydrogen) atoms. The minimum absolute atomic E-state index is 0.941. The third-order valence-corrected chi connectivity index (χ3v) is 10.6. The Morgan fingerprint density at radius 2 is 0.878 bits per heavy atom. The molecule has 0 aliphatic carbocycles. The van der Waals surface area contributed by atoms with E-state index in [4.69, 9.17) is 4.42 Å². The van der Waals surface area contributed by atoms with Gasteiger partial charge < -0.3 is 4.42 Å². The number of fused-ring (bicyclic) bond motifs is 5. The molecule has 1 heteroatoms. The second kappa shape index (κ2) is 10.0. The van der Waals surface area contributed by atoms with Crippen LogP contribution in [-0.2, 0) is 0 Å². The van der Waals surface area contributed by atoms with E-state index in [1.807, 2.05) is 0 Å². The first-order valence-corrected chi connectivity index (χ1v) is 16.9. The molecule has 0 saturated heterocycles. The van der Waals surface area contributed by atoms with Gasteiger partial charge in [0, 0.05) is 16.2 Å². The molecule has 1 aromatic heterocycles. The summed E-state index contributed by atoms with van der Waals surface area (Å²) in [6, 6.07) is 62.1. The average molecular weight is 621 g/mol. The van der Waals surface area contributed by atoms with Crippen molar-refractivity contribution in [3.63, 3.8) is 0 Å². The lowest BCUT2D eigenvalue weighted by atomic mass is 9.82. The van der Waals surface area contributed by atoms with Crippen molar-refractivity contribution in [1.29, 1.82) is 0 Å². The fourth-order valence-corrected chi connectivity index (χ4v) is 8.47. The Bertz CT molecular complexity index is 3050. The molecule has 0 amide bonds. The molecule has 0 radical (unpaired) electrons. The lowest BCUT2D eigenvalue weighted by molar-refractivity contribution is 0.673. The van der Waals surface area contributed by atoms with Gasteiger partial charge >= 0.3 is 0 Å². The third kappa shape index (κ3) is 3.76. The summed E-state index contributed by atoms with van der Waals surface area (Å²) in [4.78, 5) is 0. The van der Waals surface area contributed by atoms with Crippen molar-refractivity contribution < 1.29 is 4.42 Å². The van der Waals surface area contributed by atoms with Gasteiger partial charge in [-0.2, -0.15) is 0 Å².